The fraction of sp³-hybridized carbons (Fsp3) is 0.214. The van der Waals surface area contributed by atoms with Crippen molar-refractivity contribution in [2.45, 2.75) is 6.42 Å². The van der Waals surface area contributed by atoms with Crippen LogP contribution in [0.4, 0.5) is 5.82 Å². The molecule has 0 fully saturated rings. The zero-order valence-corrected chi connectivity index (χ0v) is 11.6. The summed E-state index contributed by atoms with van der Waals surface area (Å²) in [5.41, 5.74) is 1.05. The van der Waals surface area contributed by atoms with Crippen LogP contribution in [-0.2, 0) is 11.2 Å². The summed E-state index contributed by atoms with van der Waals surface area (Å²) in [6.45, 7) is 0. The van der Waals surface area contributed by atoms with E-state index >= 15 is 0 Å². The Hall–Kier alpha value is -3.01. The number of anilines is 1. The number of carbonyl (C=O) groups is 1. The summed E-state index contributed by atoms with van der Waals surface area (Å²) in [4.78, 5) is 12.0. The Morgan fingerprint density at radius 3 is 2.81 bits per heavy atom. The minimum absolute atomic E-state index is 0.143. The number of methoxy groups -OCH3 is 2. The average molecular weight is 286 g/mol. The number of amides is 1. The fourth-order valence-corrected chi connectivity index (χ4v) is 1.83. The molecule has 1 heterocycles. The molecular weight excluding hydrogens is 272 g/mol. The molecule has 0 aliphatic carbocycles. The monoisotopic (exact) mass is 286 g/mol. The number of nitrogens with one attached hydrogen (secondary N) is 2. The molecular formula is C14H14N4O3. The standard InChI is InChI=1S/C14H14N4O3/c1-20-11-4-3-9(5-12(11)21-2)6-13(19)17-14-10(7-15)8-16-18-14/h3-5,8H,6H2,1-2H3,(H2,16,17,18,19). The molecule has 1 aromatic carbocycles. The van der Waals surface area contributed by atoms with E-state index in [9.17, 15) is 4.79 Å². The van der Waals surface area contributed by atoms with Gasteiger partial charge in [0, 0.05) is 0 Å². The van der Waals surface area contributed by atoms with E-state index in [4.69, 9.17) is 14.7 Å². The summed E-state index contributed by atoms with van der Waals surface area (Å²) in [7, 11) is 3.08. The maximum Gasteiger partial charge on any atom is 0.229 e. The minimum Gasteiger partial charge on any atom is -0.493 e. The van der Waals surface area contributed by atoms with E-state index in [0.717, 1.165) is 5.56 Å². The second-order valence-electron chi connectivity index (χ2n) is 4.18. The number of hydrogen-bond acceptors (Lipinski definition) is 5. The number of aromatic amines is 1. The van der Waals surface area contributed by atoms with Crippen LogP contribution in [0.1, 0.15) is 11.1 Å². The first-order valence-electron chi connectivity index (χ1n) is 6.12. The first kappa shape index (κ1) is 14.4. The number of benzene rings is 1. The number of hydrogen-bond donors (Lipinski definition) is 2. The highest BCUT2D eigenvalue weighted by Gasteiger charge is 2.11. The summed E-state index contributed by atoms with van der Waals surface area (Å²) < 4.78 is 10.3. The van der Waals surface area contributed by atoms with E-state index in [1.54, 1.807) is 25.3 Å². The lowest BCUT2D eigenvalue weighted by molar-refractivity contribution is -0.115. The largest absolute Gasteiger partial charge is 0.493 e. The van der Waals surface area contributed by atoms with Crippen molar-refractivity contribution in [1.82, 2.24) is 10.2 Å². The SMILES string of the molecule is COc1ccc(CC(=O)Nc2[nH]ncc2C#N)cc1OC. The Morgan fingerprint density at radius 1 is 1.38 bits per heavy atom. The van der Waals surface area contributed by atoms with Gasteiger partial charge >= 0.3 is 0 Å². The van der Waals surface area contributed by atoms with Crippen molar-refractivity contribution in [2.24, 2.45) is 0 Å². The molecule has 2 aromatic rings. The smallest absolute Gasteiger partial charge is 0.229 e. The topological polar surface area (TPSA) is 100 Å². The second-order valence-corrected chi connectivity index (χ2v) is 4.18. The van der Waals surface area contributed by atoms with Gasteiger partial charge in [0.15, 0.2) is 11.5 Å². The van der Waals surface area contributed by atoms with Gasteiger partial charge < -0.3 is 14.8 Å². The third kappa shape index (κ3) is 3.30. The highest BCUT2D eigenvalue weighted by molar-refractivity contribution is 5.92. The van der Waals surface area contributed by atoms with Crippen molar-refractivity contribution >= 4 is 11.7 Å². The van der Waals surface area contributed by atoms with E-state index in [0.29, 0.717) is 17.3 Å². The van der Waals surface area contributed by atoms with Crippen LogP contribution in [0.15, 0.2) is 24.4 Å². The van der Waals surface area contributed by atoms with Gasteiger partial charge in [0.2, 0.25) is 5.91 Å². The van der Waals surface area contributed by atoms with Gasteiger partial charge in [-0.2, -0.15) is 10.4 Å². The van der Waals surface area contributed by atoms with Crippen LogP contribution < -0.4 is 14.8 Å². The first-order chi connectivity index (χ1) is 10.2. The van der Waals surface area contributed by atoms with Gasteiger partial charge in [0.25, 0.3) is 0 Å². The Kier molecular flexibility index (Phi) is 4.41. The zero-order valence-electron chi connectivity index (χ0n) is 11.6. The van der Waals surface area contributed by atoms with Gasteiger partial charge in [-0.1, -0.05) is 6.07 Å². The maximum absolute atomic E-state index is 12.0. The summed E-state index contributed by atoms with van der Waals surface area (Å²) >= 11 is 0. The fourth-order valence-electron chi connectivity index (χ4n) is 1.83. The molecule has 0 spiro atoms. The number of nitriles is 1. The summed E-state index contributed by atoms with van der Waals surface area (Å²) in [5, 5.41) is 17.7. The normalized spacial score (nSPS) is 9.76. The van der Waals surface area contributed by atoms with Gasteiger partial charge in [0.05, 0.1) is 26.8 Å². The van der Waals surface area contributed by atoms with Gasteiger partial charge in [0.1, 0.15) is 17.5 Å². The third-order valence-corrected chi connectivity index (χ3v) is 2.84. The van der Waals surface area contributed by atoms with Crippen LogP contribution in [0.5, 0.6) is 11.5 Å². The molecule has 0 radical (unpaired) electrons. The van der Waals surface area contributed by atoms with Gasteiger partial charge in [-0.05, 0) is 17.7 Å². The predicted molar refractivity (Wildman–Crippen MR) is 75.2 cm³/mol. The van der Waals surface area contributed by atoms with Gasteiger partial charge in [-0.3, -0.25) is 9.89 Å². The predicted octanol–water partition coefficient (Wildman–Crippen LogP) is 1.48. The van der Waals surface area contributed by atoms with Crippen molar-refractivity contribution < 1.29 is 14.3 Å². The van der Waals surface area contributed by atoms with E-state index < -0.39 is 0 Å². The Balaban J connectivity index is 2.08. The number of ether oxygens (including phenoxy) is 2. The van der Waals surface area contributed by atoms with Crippen LogP contribution in [0.3, 0.4) is 0 Å². The minimum atomic E-state index is -0.261. The molecule has 108 valence electrons. The van der Waals surface area contributed by atoms with Crippen LogP contribution >= 0.6 is 0 Å². The van der Waals surface area contributed by atoms with Crippen molar-refractivity contribution in [1.29, 1.82) is 5.26 Å². The van der Waals surface area contributed by atoms with Crippen molar-refractivity contribution in [3.63, 3.8) is 0 Å². The van der Waals surface area contributed by atoms with E-state index in [2.05, 4.69) is 15.5 Å². The number of rotatable bonds is 5. The van der Waals surface area contributed by atoms with E-state index in [1.807, 2.05) is 6.07 Å². The third-order valence-electron chi connectivity index (χ3n) is 2.84. The molecule has 0 bridgehead atoms. The van der Waals surface area contributed by atoms with Crippen LogP contribution in [-0.4, -0.2) is 30.3 Å². The molecule has 0 aliphatic rings. The van der Waals surface area contributed by atoms with Gasteiger partial charge in [-0.15, -0.1) is 0 Å². The lowest BCUT2D eigenvalue weighted by Crippen LogP contribution is -2.15. The lowest BCUT2D eigenvalue weighted by atomic mass is 10.1. The van der Waals surface area contributed by atoms with E-state index in [1.165, 1.54) is 13.3 Å². The van der Waals surface area contributed by atoms with Crippen LogP contribution in [0.2, 0.25) is 0 Å². The molecule has 7 heteroatoms. The molecule has 0 unspecified atom stereocenters. The van der Waals surface area contributed by atoms with Crippen molar-refractivity contribution in [2.75, 3.05) is 19.5 Å². The maximum atomic E-state index is 12.0. The summed E-state index contributed by atoms with van der Waals surface area (Å²) in [6, 6.07) is 7.18. The molecule has 0 atom stereocenters. The average Bonchev–Trinajstić information content (AvgIpc) is 2.94. The number of H-pyrrole nitrogens is 1. The van der Waals surface area contributed by atoms with Gasteiger partial charge in [-0.25, -0.2) is 0 Å². The van der Waals surface area contributed by atoms with Crippen LogP contribution in [0.25, 0.3) is 0 Å². The molecule has 0 saturated heterocycles. The zero-order chi connectivity index (χ0) is 15.2. The molecule has 2 N–H and O–H groups in total. The van der Waals surface area contributed by atoms with Crippen molar-refractivity contribution in [3.8, 4) is 17.6 Å². The van der Waals surface area contributed by atoms with Crippen LogP contribution in [0, 0.1) is 11.3 Å². The molecule has 0 aliphatic heterocycles. The van der Waals surface area contributed by atoms with Crippen molar-refractivity contribution in [3.05, 3.63) is 35.5 Å². The Bertz CT molecular complexity index is 688. The molecule has 2 rings (SSSR count). The highest BCUT2D eigenvalue weighted by atomic mass is 16.5. The van der Waals surface area contributed by atoms with E-state index in [-0.39, 0.29) is 17.9 Å². The number of nitrogens with zero attached hydrogens (tertiary/aromatic N) is 2. The summed E-state index contributed by atoms with van der Waals surface area (Å²) in [6.07, 6.45) is 1.50. The quantitative estimate of drug-likeness (QED) is 0.867. The lowest BCUT2D eigenvalue weighted by Gasteiger charge is -2.09. The molecule has 1 amide bonds. The molecule has 1 aromatic heterocycles. The molecule has 21 heavy (non-hydrogen) atoms. The second kappa shape index (κ2) is 6.43. The molecule has 0 saturated carbocycles. The Morgan fingerprint density at radius 2 is 2.14 bits per heavy atom. The summed E-state index contributed by atoms with van der Waals surface area (Å²) in [5.74, 6) is 1.19. The number of carbonyl (C=O) groups excluding carboxylic acids is 1. The Labute approximate surface area is 121 Å². The first-order valence-corrected chi connectivity index (χ1v) is 6.12. The highest BCUT2D eigenvalue weighted by Crippen LogP contribution is 2.27. The number of aromatic nitrogens is 2. The molecule has 7 nitrogen and oxygen atoms in total.